The number of rotatable bonds is 7. The molecule has 138 valence electrons. The Kier molecular flexibility index (Phi) is 5.88. The predicted molar refractivity (Wildman–Crippen MR) is 100.0 cm³/mol. The van der Waals surface area contributed by atoms with E-state index in [1.807, 2.05) is 0 Å². The molecule has 6 nitrogen and oxygen atoms in total. The first-order chi connectivity index (χ1) is 12.6. The van der Waals surface area contributed by atoms with Gasteiger partial charge in [0.15, 0.2) is 6.29 Å². The van der Waals surface area contributed by atoms with Crippen LogP contribution in [0.5, 0.6) is 0 Å². The summed E-state index contributed by atoms with van der Waals surface area (Å²) in [7, 11) is 0. The van der Waals surface area contributed by atoms with Crippen molar-refractivity contribution in [2.75, 3.05) is 11.9 Å². The minimum Gasteiger partial charge on any atom is -0.462 e. The number of amides is 1. The Labute approximate surface area is 156 Å². The molecule has 0 spiro atoms. The van der Waals surface area contributed by atoms with Gasteiger partial charge >= 0.3 is 5.97 Å². The Bertz CT molecular complexity index is 822. The number of aldehydes is 1. The number of ether oxygens (including phenoxy) is 1. The molecule has 0 atom stereocenters. The minimum absolute atomic E-state index is 0.181. The van der Waals surface area contributed by atoms with Crippen molar-refractivity contribution in [1.82, 2.24) is 4.57 Å². The zero-order valence-electron chi connectivity index (χ0n) is 14.7. The maximum absolute atomic E-state index is 12.4. The fraction of sp³-hybridized carbons (Fsp3) is 0.421. The molecule has 0 fully saturated rings. The van der Waals surface area contributed by atoms with Crippen LogP contribution in [0.4, 0.5) is 5.00 Å². The van der Waals surface area contributed by atoms with Crippen molar-refractivity contribution in [3.63, 3.8) is 0 Å². The van der Waals surface area contributed by atoms with E-state index < -0.39 is 0 Å². The van der Waals surface area contributed by atoms with Crippen LogP contribution in [-0.2, 0) is 28.9 Å². The normalized spacial score (nSPS) is 13.1. The number of anilines is 1. The molecule has 1 aliphatic rings. The molecule has 7 heteroatoms. The number of esters is 1. The SMILES string of the molecule is CCOC(=O)c1c(NC(=O)CCn2cccc2C=O)sc2c1CCCC2. The van der Waals surface area contributed by atoms with Gasteiger partial charge in [0, 0.05) is 24.0 Å². The van der Waals surface area contributed by atoms with E-state index in [0.717, 1.165) is 37.5 Å². The average Bonchev–Trinajstić information content (AvgIpc) is 3.23. The van der Waals surface area contributed by atoms with Crippen LogP contribution in [0.3, 0.4) is 0 Å². The van der Waals surface area contributed by atoms with Crippen LogP contribution in [0.1, 0.15) is 57.5 Å². The Morgan fingerprint density at radius 1 is 1.35 bits per heavy atom. The molecule has 26 heavy (non-hydrogen) atoms. The first-order valence-corrected chi connectivity index (χ1v) is 9.67. The lowest BCUT2D eigenvalue weighted by Crippen LogP contribution is -2.17. The summed E-state index contributed by atoms with van der Waals surface area (Å²) in [6.45, 7) is 2.49. The van der Waals surface area contributed by atoms with E-state index in [1.165, 1.54) is 16.2 Å². The topological polar surface area (TPSA) is 77.4 Å². The Morgan fingerprint density at radius 3 is 2.92 bits per heavy atom. The van der Waals surface area contributed by atoms with Crippen LogP contribution in [0.25, 0.3) is 0 Å². The first-order valence-electron chi connectivity index (χ1n) is 8.85. The second-order valence-corrected chi connectivity index (χ2v) is 7.28. The number of aryl methyl sites for hydroxylation is 2. The lowest BCUT2D eigenvalue weighted by Gasteiger charge is -2.12. The number of hydrogen-bond donors (Lipinski definition) is 1. The van der Waals surface area contributed by atoms with Crippen LogP contribution in [0.2, 0.25) is 0 Å². The van der Waals surface area contributed by atoms with E-state index in [9.17, 15) is 14.4 Å². The second-order valence-electron chi connectivity index (χ2n) is 6.18. The molecule has 0 radical (unpaired) electrons. The van der Waals surface area contributed by atoms with Crippen molar-refractivity contribution in [3.8, 4) is 0 Å². The van der Waals surface area contributed by atoms with Crippen molar-refractivity contribution >= 4 is 34.5 Å². The van der Waals surface area contributed by atoms with Gasteiger partial charge in [-0.3, -0.25) is 9.59 Å². The highest BCUT2D eigenvalue weighted by Gasteiger charge is 2.27. The third-order valence-corrected chi connectivity index (χ3v) is 5.68. The van der Waals surface area contributed by atoms with Gasteiger partial charge in [-0.2, -0.15) is 0 Å². The highest BCUT2D eigenvalue weighted by molar-refractivity contribution is 7.17. The molecule has 0 aliphatic heterocycles. The van der Waals surface area contributed by atoms with Crippen molar-refractivity contribution < 1.29 is 19.1 Å². The summed E-state index contributed by atoms with van der Waals surface area (Å²) < 4.78 is 6.93. The summed E-state index contributed by atoms with van der Waals surface area (Å²) in [4.78, 5) is 36.9. The summed E-state index contributed by atoms with van der Waals surface area (Å²) in [6, 6.07) is 3.48. The largest absolute Gasteiger partial charge is 0.462 e. The van der Waals surface area contributed by atoms with Gasteiger partial charge in [0.2, 0.25) is 5.91 Å². The third-order valence-electron chi connectivity index (χ3n) is 4.47. The number of carbonyl (C=O) groups excluding carboxylic acids is 3. The molecule has 0 saturated carbocycles. The van der Waals surface area contributed by atoms with E-state index in [4.69, 9.17) is 4.74 Å². The monoisotopic (exact) mass is 374 g/mol. The van der Waals surface area contributed by atoms with Crippen molar-refractivity contribution in [1.29, 1.82) is 0 Å². The van der Waals surface area contributed by atoms with Gasteiger partial charge in [-0.05, 0) is 50.3 Å². The summed E-state index contributed by atoms with van der Waals surface area (Å²) in [5.74, 6) is -0.546. The number of nitrogens with one attached hydrogen (secondary N) is 1. The lowest BCUT2D eigenvalue weighted by atomic mass is 9.95. The molecule has 0 unspecified atom stereocenters. The van der Waals surface area contributed by atoms with E-state index in [2.05, 4.69) is 5.32 Å². The highest BCUT2D eigenvalue weighted by Crippen LogP contribution is 2.38. The number of fused-ring (bicyclic) bond motifs is 1. The van der Waals surface area contributed by atoms with Crippen LogP contribution in [0, 0.1) is 0 Å². The Hall–Kier alpha value is -2.41. The molecular formula is C19H22N2O4S. The maximum Gasteiger partial charge on any atom is 0.341 e. The zero-order chi connectivity index (χ0) is 18.5. The van der Waals surface area contributed by atoms with Gasteiger partial charge in [-0.25, -0.2) is 4.79 Å². The third kappa shape index (κ3) is 3.88. The predicted octanol–water partition coefficient (Wildman–Crippen LogP) is 3.45. The number of hydrogen-bond acceptors (Lipinski definition) is 5. The molecule has 1 N–H and O–H groups in total. The standard InChI is InChI=1S/C19H22N2O4S/c1-2-25-19(24)17-14-7-3-4-8-15(14)26-18(17)20-16(23)9-11-21-10-5-6-13(21)12-22/h5-6,10,12H,2-4,7-9,11H2,1H3,(H,20,23). The molecule has 3 rings (SSSR count). The fourth-order valence-corrected chi connectivity index (χ4v) is 4.52. The summed E-state index contributed by atoms with van der Waals surface area (Å²) in [5, 5.41) is 3.47. The molecule has 0 bridgehead atoms. The number of aromatic nitrogens is 1. The molecule has 1 aliphatic carbocycles. The van der Waals surface area contributed by atoms with Crippen molar-refractivity contribution in [3.05, 3.63) is 40.0 Å². The van der Waals surface area contributed by atoms with Gasteiger partial charge in [0.25, 0.3) is 0 Å². The van der Waals surface area contributed by atoms with Crippen molar-refractivity contribution in [2.45, 2.75) is 45.6 Å². The smallest absolute Gasteiger partial charge is 0.341 e. The van der Waals surface area contributed by atoms with Crippen LogP contribution in [-0.4, -0.2) is 29.3 Å². The summed E-state index contributed by atoms with van der Waals surface area (Å²) in [6.07, 6.45) is 6.70. The molecular weight excluding hydrogens is 352 g/mol. The molecule has 1 amide bonds. The fourth-order valence-electron chi connectivity index (χ4n) is 3.22. The first kappa shape index (κ1) is 18.4. The molecule has 0 saturated heterocycles. The van der Waals surface area contributed by atoms with E-state index in [1.54, 1.807) is 29.8 Å². The molecule has 2 aromatic rings. The van der Waals surface area contributed by atoms with Crippen molar-refractivity contribution in [2.24, 2.45) is 0 Å². The summed E-state index contributed by atoms with van der Waals surface area (Å²) >= 11 is 1.48. The number of nitrogens with zero attached hydrogens (tertiary/aromatic N) is 1. The Morgan fingerprint density at radius 2 is 2.15 bits per heavy atom. The van der Waals surface area contributed by atoms with Gasteiger partial charge in [0.1, 0.15) is 5.00 Å². The van der Waals surface area contributed by atoms with Crippen LogP contribution < -0.4 is 5.32 Å². The maximum atomic E-state index is 12.4. The van der Waals surface area contributed by atoms with E-state index >= 15 is 0 Å². The average molecular weight is 374 g/mol. The van der Waals surface area contributed by atoms with Crippen LogP contribution >= 0.6 is 11.3 Å². The number of thiophene rings is 1. The second kappa shape index (κ2) is 8.31. The van der Waals surface area contributed by atoms with Gasteiger partial charge in [-0.15, -0.1) is 11.3 Å². The van der Waals surface area contributed by atoms with E-state index in [-0.39, 0.29) is 18.3 Å². The van der Waals surface area contributed by atoms with Gasteiger partial charge in [-0.1, -0.05) is 0 Å². The Balaban J connectivity index is 1.74. The minimum atomic E-state index is -0.365. The zero-order valence-corrected chi connectivity index (χ0v) is 15.6. The van der Waals surface area contributed by atoms with E-state index in [0.29, 0.717) is 29.4 Å². The summed E-state index contributed by atoms with van der Waals surface area (Å²) in [5.41, 5.74) is 2.09. The quantitative estimate of drug-likeness (QED) is 0.595. The number of carbonyl (C=O) groups is 3. The molecule has 0 aromatic carbocycles. The highest BCUT2D eigenvalue weighted by atomic mass is 32.1. The van der Waals surface area contributed by atoms with Gasteiger partial charge in [0.05, 0.1) is 17.9 Å². The molecule has 2 aromatic heterocycles. The van der Waals surface area contributed by atoms with Gasteiger partial charge < -0.3 is 14.6 Å². The molecule has 2 heterocycles. The lowest BCUT2D eigenvalue weighted by molar-refractivity contribution is -0.116. The van der Waals surface area contributed by atoms with Crippen LogP contribution in [0.15, 0.2) is 18.3 Å².